The largest absolute Gasteiger partial charge is 0.395 e. The number of hydrogen-bond acceptors (Lipinski definition) is 5. The minimum atomic E-state index is -1.02. The third-order valence-electron chi connectivity index (χ3n) is 3.67. The molecule has 2 unspecified atom stereocenters. The summed E-state index contributed by atoms with van der Waals surface area (Å²) in [6, 6.07) is 0. The number of carbonyl (C=O) groups excluding carboxylic acids is 1. The van der Waals surface area contributed by atoms with Gasteiger partial charge in [-0.15, -0.1) is 0 Å². The van der Waals surface area contributed by atoms with Crippen LogP contribution in [0.1, 0.15) is 36.5 Å². The van der Waals surface area contributed by atoms with Crippen LogP contribution in [0.3, 0.4) is 0 Å². The molecule has 1 aliphatic heterocycles. The van der Waals surface area contributed by atoms with Gasteiger partial charge in [-0.2, -0.15) is 5.10 Å². The number of nitrogens with zero attached hydrogens (tertiary/aromatic N) is 1. The van der Waals surface area contributed by atoms with Gasteiger partial charge in [-0.1, -0.05) is 6.92 Å². The summed E-state index contributed by atoms with van der Waals surface area (Å²) < 4.78 is 5.30. The number of nitrogens with one attached hydrogen (secondary N) is 2. The summed E-state index contributed by atoms with van der Waals surface area (Å²) >= 11 is 0. The Bertz CT molecular complexity index is 474. The minimum absolute atomic E-state index is 0.126. The molecule has 2 rings (SSSR count). The highest BCUT2D eigenvalue weighted by Gasteiger charge is 2.39. The molecule has 7 heteroatoms. The minimum Gasteiger partial charge on any atom is -0.395 e. The van der Waals surface area contributed by atoms with Crippen LogP contribution in [-0.4, -0.2) is 46.1 Å². The van der Waals surface area contributed by atoms with Crippen molar-refractivity contribution in [3.8, 4) is 0 Å². The van der Waals surface area contributed by atoms with Gasteiger partial charge in [-0.05, 0) is 13.3 Å². The number of ether oxygens (including phenoxy) is 1. The molecule has 7 nitrogen and oxygen atoms in total. The third kappa shape index (κ3) is 2.57. The van der Waals surface area contributed by atoms with Crippen LogP contribution in [0.15, 0.2) is 0 Å². The molecule has 0 radical (unpaired) electrons. The second kappa shape index (κ2) is 5.18. The van der Waals surface area contributed by atoms with E-state index in [0.29, 0.717) is 25.1 Å². The lowest BCUT2D eigenvalue weighted by Gasteiger charge is -2.25. The van der Waals surface area contributed by atoms with E-state index >= 15 is 0 Å². The fraction of sp³-hybridized carbons (Fsp3) is 0.667. The van der Waals surface area contributed by atoms with E-state index in [9.17, 15) is 9.90 Å². The Hall–Kier alpha value is -1.60. The molecule has 0 saturated carbocycles. The number of H-pyrrole nitrogens is 1. The number of nitrogen functional groups attached to an aromatic ring is 1. The van der Waals surface area contributed by atoms with Gasteiger partial charge in [0, 0.05) is 19.6 Å². The van der Waals surface area contributed by atoms with Crippen molar-refractivity contribution >= 4 is 11.6 Å². The number of aryl methyl sites for hydroxylation is 1. The first-order chi connectivity index (χ1) is 8.98. The predicted molar refractivity (Wildman–Crippen MR) is 69.7 cm³/mol. The first kappa shape index (κ1) is 13.8. The first-order valence-electron chi connectivity index (χ1n) is 6.43. The van der Waals surface area contributed by atoms with Crippen molar-refractivity contribution in [2.75, 3.05) is 18.9 Å². The third-order valence-corrected chi connectivity index (χ3v) is 3.67. The molecular weight excluding hydrogens is 248 g/mol. The molecule has 0 spiro atoms. The van der Waals surface area contributed by atoms with Crippen molar-refractivity contribution in [3.05, 3.63) is 11.4 Å². The van der Waals surface area contributed by atoms with Gasteiger partial charge in [-0.3, -0.25) is 9.89 Å². The van der Waals surface area contributed by atoms with Crippen LogP contribution in [0.25, 0.3) is 0 Å². The fourth-order valence-corrected chi connectivity index (χ4v) is 2.15. The summed E-state index contributed by atoms with van der Waals surface area (Å²) in [5.74, 6) is -0.388. The van der Waals surface area contributed by atoms with Crippen LogP contribution in [0.2, 0.25) is 0 Å². The van der Waals surface area contributed by atoms with E-state index in [0.717, 1.165) is 5.69 Å². The highest BCUT2D eigenvalue weighted by molar-refractivity contribution is 5.97. The normalized spacial score (nSPS) is 26.6. The Labute approximate surface area is 111 Å². The molecule has 2 heterocycles. The Morgan fingerprint density at radius 1 is 1.74 bits per heavy atom. The number of aliphatic hydroxyl groups is 1. The van der Waals surface area contributed by atoms with Gasteiger partial charge in [0.2, 0.25) is 0 Å². The maximum Gasteiger partial charge on any atom is 0.274 e. The van der Waals surface area contributed by atoms with Crippen LogP contribution < -0.4 is 11.1 Å². The molecule has 2 atom stereocenters. The van der Waals surface area contributed by atoms with E-state index in [2.05, 4.69) is 15.5 Å². The molecule has 1 amide bonds. The highest BCUT2D eigenvalue weighted by Crippen LogP contribution is 2.25. The number of hydrogen-bond donors (Lipinski definition) is 4. The van der Waals surface area contributed by atoms with Crippen molar-refractivity contribution in [1.82, 2.24) is 15.5 Å². The van der Waals surface area contributed by atoms with Crippen molar-refractivity contribution in [2.24, 2.45) is 0 Å². The number of aromatic nitrogens is 2. The quantitative estimate of drug-likeness (QED) is 0.605. The van der Waals surface area contributed by atoms with Gasteiger partial charge in [0.05, 0.1) is 17.5 Å². The van der Waals surface area contributed by atoms with E-state index in [1.54, 1.807) is 6.92 Å². The monoisotopic (exact) mass is 268 g/mol. The second-order valence-electron chi connectivity index (χ2n) is 4.87. The van der Waals surface area contributed by atoms with E-state index in [4.69, 9.17) is 10.5 Å². The van der Waals surface area contributed by atoms with Gasteiger partial charge < -0.3 is 20.9 Å². The molecule has 106 valence electrons. The topological polar surface area (TPSA) is 113 Å². The van der Waals surface area contributed by atoms with Gasteiger partial charge in [0.15, 0.2) is 5.69 Å². The molecule has 1 fully saturated rings. The second-order valence-corrected chi connectivity index (χ2v) is 4.87. The Kier molecular flexibility index (Phi) is 3.77. The van der Waals surface area contributed by atoms with Gasteiger partial charge in [0.1, 0.15) is 5.60 Å². The number of rotatable bonds is 4. The van der Waals surface area contributed by atoms with E-state index in [-0.39, 0.29) is 24.2 Å². The number of carbonyl (C=O) groups is 1. The van der Waals surface area contributed by atoms with E-state index in [1.807, 2.05) is 6.92 Å². The lowest BCUT2D eigenvalue weighted by Crippen LogP contribution is -2.47. The lowest BCUT2D eigenvalue weighted by atomic mass is 9.97. The molecule has 0 aromatic carbocycles. The van der Waals surface area contributed by atoms with Gasteiger partial charge in [0.25, 0.3) is 5.91 Å². The maximum absolute atomic E-state index is 12.0. The number of aromatic amines is 1. The molecule has 1 aromatic heterocycles. The fourth-order valence-electron chi connectivity index (χ4n) is 2.15. The zero-order valence-electron chi connectivity index (χ0n) is 11.2. The van der Waals surface area contributed by atoms with Crippen molar-refractivity contribution in [2.45, 2.75) is 38.4 Å². The summed E-state index contributed by atoms with van der Waals surface area (Å²) in [6.07, 6.45) is 0.890. The van der Waals surface area contributed by atoms with Crippen molar-refractivity contribution in [1.29, 1.82) is 0 Å². The number of nitrogens with two attached hydrogens (primary N) is 1. The number of anilines is 1. The summed E-state index contributed by atoms with van der Waals surface area (Å²) in [6.45, 7) is 4.34. The molecule has 19 heavy (non-hydrogen) atoms. The first-order valence-corrected chi connectivity index (χ1v) is 6.43. The molecule has 0 aliphatic carbocycles. The van der Waals surface area contributed by atoms with Crippen LogP contribution in [0, 0.1) is 0 Å². The van der Waals surface area contributed by atoms with Crippen LogP contribution in [-0.2, 0) is 11.2 Å². The maximum atomic E-state index is 12.0. The summed E-state index contributed by atoms with van der Waals surface area (Å²) in [5.41, 5.74) is 6.07. The zero-order valence-corrected chi connectivity index (χ0v) is 11.2. The smallest absolute Gasteiger partial charge is 0.274 e. The lowest BCUT2D eigenvalue weighted by molar-refractivity contribution is -0.0251. The van der Waals surface area contributed by atoms with E-state index in [1.165, 1.54) is 0 Å². The Morgan fingerprint density at radius 2 is 2.47 bits per heavy atom. The summed E-state index contributed by atoms with van der Waals surface area (Å²) in [7, 11) is 0. The number of amides is 1. The Balaban J connectivity index is 1.99. The van der Waals surface area contributed by atoms with Gasteiger partial charge >= 0.3 is 0 Å². The zero-order chi connectivity index (χ0) is 14.0. The summed E-state index contributed by atoms with van der Waals surface area (Å²) in [4.78, 5) is 12.0. The van der Waals surface area contributed by atoms with Gasteiger partial charge in [-0.25, -0.2) is 0 Å². The molecule has 1 saturated heterocycles. The molecule has 0 bridgehead atoms. The van der Waals surface area contributed by atoms with Crippen LogP contribution >= 0.6 is 0 Å². The van der Waals surface area contributed by atoms with Crippen molar-refractivity contribution < 1.29 is 14.6 Å². The summed E-state index contributed by atoms with van der Waals surface area (Å²) in [5, 5.41) is 19.6. The molecule has 5 N–H and O–H groups in total. The predicted octanol–water partition coefficient (Wildman–Crippen LogP) is -0.176. The molecule has 1 aromatic rings. The van der Waals surface area contributed by atoms with Crippen molar-refractivity contribution in [3.63, 3.8) is 0 Å². The Morgan fingerprint density at radius 3 is 3.00 bits per heavy atom. The SMILES string of the molecule is CCc1[nH]nc(C(=O)NCC2(O)CCOC2C)c1N. The van der Waals surface area contributed by atoms with E-state index < -0.39 is 5.60 Å². The average molecular weight is 268 g/mol. The molecular formula is C12H20N4O3. The highest BCUT2D eigenvalue weighted by atomic mass is 16.5. The average Bonchev–Trinajstić information content (AvgIpc) is 2.91. The standard InChI is InChI=1S/C12H20N4O3/c1-3-8-9(13)10(16-15-8)11(17)14-6-12(18)4-5-19-7(12)2/h7,18H,3-6,13H2,1-2H3,(H,14,17)(H,15,16). The molecule has 1 aliphatic rings. The van der Waals surface area contributed by atoms with Crippen LogP contribution in [0.5, 0.6) is 0 Å². The van der Waals surface area contributed by atoms with Crippen LogP contribution in [0.4, 0.5) is 5.69 Å².